The Kier molecular flexibility index (Phi) is 4.83. The summed E-state index contributed by atoms with van der Waals surface area (Å²) in [6.07, 6.45) is 0. The molecule has 4 rings (SSSR count). The molecule has 1 N–H and O–H groups in total. The van der Waals surface area contributed by atoms with E-state index in [1.807, 2.05) is 30.3 Å². The molecule has 0 saturated carbocycles. The average Bonchev–Trinajstić information content (AvgIpc) is 2.73. The van der Waals surface area contributed by atoms with Gasteiger partial charge in [-0.1, -0.05) is 30.3 Å². The Morgan fingerprint density at radius 2 is 1.76 bits per heavy atom. The van der Waals surface area contributed by atoms with E-state index in [4.69, 9.17) is 9.84 Å². The van der Waals surface area contributed by atoms with Gasteiger partial charge in [-0.3, -0.25) is 9.36 Å². The van der Waals surface area contributed by atoms with Crippen molar-refractivity contribution < 1.29 is 14.6 Å². The van der Waals surface area contributed by atoms with Crippen LogP contribution in [-0.4, -0.2) is 20.6 Å². The van der Waals surface area contributed by atoms with E-state index in [2.05, 4.69) is 4.98 Å². The summed E-state index contributed by atoms with van der Waals surface area (Å²) in [4.78, 5) is 28.7. The van der Waals surface area contributed by atoms with Crippen LogP contribution in [0.3, 0.4) is 0 Å². The number of aromatic nitrogens is 2. The van der Waals surface area contributed by atoms with Gasteiger partial charge in [-0.15, -0.1) is 0 Å². The highest BCUT2D eigenvalue weighted by atomic mass is 16.5. The van der Waals surface area contributed by atoms with Crippen LogP contribution in [0, 0.1) is 6.92 Å². The first-order valence-electron chi connectivity index (χ1n) is 9.07. The monoisotopic (exact) mass is 386 g/mol. The number of carboxylic acid groups (broad SMARTS) is 1. The number of hydrogen-bond acceptors (Lipinski definition) is 4. The number of rotatable bonds is 5. The van der Waals surface area contributed by atoms with E-state index in [9.17, 15) is 9.59 Å². The molecule has 0 spiro atoms. The lowest BCUT2D eigenvalue weighted by molar-refractivity contribution is 0.0697. The maximum Gasteiger partial charge on any atom is 0.335 e. The lowest BCUT2D eigenvalue weighted by atomic mass is 10.2. The standard InChI is InChI=1S/C23H18N2O4/c1-15-24-21-12-11-19(29-14-16-5-3-2-4-6-16)13-20(21)22(26)25(15)18-9-7-17(8-10-18)23(27)28/h2-13H,14H2,1H3,(H,27,28). The Labute approximate surface area is 166 Å². The highest BCUT2D eigenvalue weighted by Crippen LogP contribution is 2.20. The third-order valence-corrected chi connectivity index (χ3v) is 4.63. The van der Waals surface area contributed by atoms with Crippen LogP contribution in [0.25, 0.3) is 16.6 Å². The van der Waals surface area contributed by atoms with Gasteiger partial charge in [0, 0.05) is 0 Å². The molecule has 1 aromatic heterocycles. The summed E-state index contributed by atoms with van der Waals surface area (Å²) in [6, 6.07) is 21.2. The van der Waals surface area contributed by atoms with Gasteiger partial charge in [0.25, 0.3) is 5.56 Å². The Morgan fingerprint density at radius 3 is 2.45 bits per heavy atom. The first kappa shape index (κ1) is 18.4. The number of benzene rings is 3. The molecule has 0 radical (unpaired) electrons. The van der Waals surface area contributed by atoms with Crippen molar-refractivity contribution in [2.45, 2.75) is 13.5 Å². The predicted octanol–water partition coefficient (Wildman–Crippen LogP) is 3.97. The van der Waals surface area contributed by atoms with E-state index in [1.165, 1.54) is 16.7 Å². The van der Waals surface area contributed by atoms with Crippen LogP contribution >= 0.6 is 0 Å². The quantitative estimate of drug-likeness (QED) is 0.561. The molecule has 0 saturated heterocycles. The van der Waals surface area contributed by atoms with E-state index >= 15 is 0 Å². The summed E-state index contributed by atoms with van der Waals surface area (Å²) >= 11 is 0. The molecule has 6 heteroatoms. The molecule has 0 amide bonds. The first-order chi connectivity index (χ1) is 14.0. The molecule has 29 heavy (non-hydrogen) atoms. The molecule has 1 heterocycles. The zero-order chi connectivity index (χ0) is 20.4. The largest absolute Gasteiger partial charge is 0.489 e. The van der Waals surface area contributed by atoms with Crippen LogP contribution in [0.4, 0.5) is 0 Å². The molecule has 0 aliphatic rings. The van der Waals surface area contributed by atoms with Crippen LogP contribution in [-0.2, 0) is 6.61 Å². The van der Waals surface area contributed by atoms with Crippen molar-refractivity contribution in [2.75, 3.05) is 0 Å². The van der Waals surface area contributed by atoms with Gasteiger partial charge >= 0.3 is 5.97 Å². The lowest BCUT2D eigenvalue weighted by Gasteiger charge is -2.12. The zero-order valence-corrected chi connectivity index (χ0v) is 15.7. The second kappa shape index (κ2) is 7.59. The van der Waals surface area contributed by atoms with E-state index in [-0.39, 0.29) is 11.1 Å². The lowest BCUT2D eigenvalue weighted by Crippen LogP contribution is -2.22. The van der Waals surface area contributed by atoms with Gasteiger partial charge in [0.05, 0.1) is 22.2 Å². The summed E-state index contributed by atoms with van der Waals surface area (Å²) < 4.78 is 7.30. The van der Waals surface area contributed by atoms with Crippen molar-refractivity contribution in [2.24, 2.45) is 0 Å². The van der Waals surface area contributed by atoms with Crippen LogP contribution in [0.2, 0.25) is 0 Å². The third kappa shape index (κ3) is 3.73. The Balaban J connectivity index is 1.72. The zero-order valence-electron chi connectivity index (χ0n) is 15.7. The van der Waals surface area contributed by atoms with Gasteiger partial charge in [-0.05, 0) is 55.0 Å². The minimum atomic E-state index is -1.02. The topological polar surface area (TPSA) is 81.4 Å². The minimum Gasteiger partial charge on any atom is -0.489 e. The second-order valence-corrected chi connectivity index (χ2v) is 6.60. The minimum absolute atomic E-state index is 0.157. The van der Waals surface area contributed by atoms with Crippen LogP contribution in [0.1, 0.15) is 21.7 Å². The SMILES string of the molecule is Cc1nc2ccc(OCc3ccccc3)cc2c(=O)n1-c1ccc(C(=O)O)cc1. The molecule has 4 aromatic rings. The van der Waals surface area contributed by atoms with E-state index in [0.717, 1.165) is 5.56 Å². The van der Waals surface area contributed by atoms with E-state index in [1.54, 1.807) is 37.3 Å². The Hall–Kier alpha value is -3.93. The number of ether oxygens (including phenoxy) is 1. The van der Waals surface area contributed by atoms with Crippen molar-refractivity contribution in [1.82, 2.24) is 9.55 Å². The van der Waals surface area contributed by atoms with Gasteiger partial charge in [-0.2, -0.15) is 0 Å². The van der Waals surface area contributed by atoms with Crippen molar-refractivity contribution in [3.8, 4) is 11.4 Å². The highest BCUT2D eigenvalue weighted by molar-refractivity contribution is 5.87. The number of carbonyl (C=O) groups is 1. The molecule has 0 fully saturated rings. The first-order valence-corrected chi connectivity index (χ1v) is 9.07. The number of nitrogens with zero attached hydrogens (tertiary/aromatic N) is 2. The van der Waals surface area contributed by atoms with Crippen molar-refractivity contribution >= 4 is 16.9 Å². The van der Waals surface area contributed by atoms with Gasteiger partial charge in [0.2, 0.25) is 0 Å². The molecule has 6 nitrogen and oxygen atoms in total. The molecule has 0 aliphatic carbocycles. The molecule has 3 aromatic carbocycles. The van der Waals surface area contributed by atoms with Gasteiger partial charge in [-0.25, -0.2) is 9.78 Å². The summed E-state index contributed by atoms with van der Waals surface area (Å²) in [5.41, 5.74) is 2.09. The van der Waals surface area contributed by atoms with Crippen LogP contribution < -0.4 is 10.3 Å². The average molecular weight is 386 g/mol. The fourth-order valence-electron chi connectivity index (χ4n) is 3.16. The molecular formula is C23H18N2O4. The number of carboxylic acids is 1. The predicted molar refractivity (Wildman–Crippen MR) is 110 cm³/mol. The fourth-order valence-corrected chi connectivity index (χ4v) is 3.16. The van der Waals surface area contributed by atoms with E-state index < -0.39 is 5.97 Å². The van der Waals surface area contributed by atoms with Crippen molar-refractivity contribution in [3.05, 3.63) is 100 Å². The second-order valence-electron chi connectivity index (χ2n) is 6.60. The summed E-state index contributed by atoms with van der Waals surface area (Å²) in [5.74, 6) is 0.0814. The molecule has 0 bridgehead atoms. The fraction of sp³-hybridized carbons (Fsp3) is 0.0870. The van der Waals surface area contributed by atoms with Gasteiger partial charge in [0.15, 0.2) is 0 Å². The molecule has 0 unspecified atom stereocenters. The van der Waals surface area contributed by atoms with Crippen LogP contribution in [0.5, 0.6) is 5.75 Å². The van der Waals surface area contributed by atoms with E-state index in [0.29, 0.717) is 34.8 Å². The van der Waals surface area contributed by atoms with Gasteiger partial charge < -0.3 is 9.84 Å². The normalized spacial score (nSPS) is 10.8. The van der Waals surface area contributed by atoms with Gasteiger partial charge in [0.1, 0.15) is 18.2 Å². The summed E-state index contributed by atoms with van der Waals surface area (Å²) in [5, 5.41) is 9.50. The maximum absolute atomic E-state index is 13.1. The molecule has 0 atom stereocenters. The third-order valence-electron chi connectivity index (χ3n) is 4.63. The number of fused-ring (bicyclic) bond motifs is 1. The number of aromatic carboxylic acids is 1. The Bertz CT molecular complexity index is 1250. The van der Waals surface area contributed by atoms with Crippen molar-refractivity contribution in [1.29, 1.82) is 0 Å². The number of hydrogen-bond donors (Lipinski definition) is 1. The summed E-state index contributed by atoms with van der Waals surface area (Å²) in [6.45, 7) is 2.14. The molecular weight excluding hydrogens is 368 g/mol. The highest BCUT2D eigenvalue weighted by Gasteiger charge is 2.12. The molecule has 0 aliphatic heterocycles. The molecule has 144 valence electrons. The maximum atomic E-state index is 13.1. The van der Waals surface area contributed by atoms with Crippen LogP contribution in [0.15, 0.2) is 77.6 Å². The Morgan fingerprint density at radius 1 is 1.03 bits per heavy atom. The number of aryl methyl sites for hydroxylation is 1. The smallest absolute Gasteiger partial charge is 0.335 e. The summed E-state index contributed by atoms with van der Waals surface area (Å²) in [7, 11) is 0. The van der Waals surface area contributed by atoms with Crippen molar-refractivity contribution in [3.63, 3.8) is 0 Å².